The summed E-state index contributed by atoms with van der Waals surface area (Å²) < 4.78 is 5.69. The zero-order valence-electron chi connectivity index (χ0n) is 16.8. The standard InChI is InChI=1S/C23H25N3O3/c1-16-6-7-21-19(12-16)14-22(29-21)23(28)24-20-5-3-4-18(13-20)15-25-8-10-26(11-9-25)17(2)27/h3-7,12-14H,8-11,15H2,1-2H3,(H,24,28). The molecule has 6 nitrogen and oxygen atoms in total. The highest BCUT2D eigenvalue weighted by Gasteiger charge is 2.19. The average molecular weight is 391 g/mol. The number of amides is 2. The van der Waals surface area contributed by atoms with Gasteiger partial charge in [-0.15, -0.1) is 0 Å². The van der Waals surface area contributed by atoms with E-state index in [-0.39, 0.29) is 11.8 Å². The van der Waals surface area contributed by atoms with Crippen LogP contribution in [0.15, 0.2) is 52.9 Å². The second-order valence-corrected chi connectivity index (χ2v) is 7.59. The largest absolute Gasteiger partial charge is 0.451 e. The highest BCUT2D eigenvalue weighted by atomic mass is 16.3. The molecule has 1 saturated heterocycles. The Hall–Kier alpha value is -3.12. The molecule has 0 unspecified atom stereocenters. The van der Waals surface area contributed by atoms with Crippen LogP contribution in [-0.4, -0.2) is 47.8 Å². The highest BCUT2D eigenvalue weighted by Crippen LogP contribution is 2.22. The zero-order chi connectivity index (χ0) is 20.4. The number of anilines is 1. The Bertz CT molecular complexity index is 1050. The normalized spacial score (nSPS) is 14.9. The summed E-state index contributed by atoms with van der Waals surface area (Å²) in [4.78, 5) is 28.3. The van der Waals surface area contributed by atoms with Crippen LogP contribution in [0.4, 0.5) is 5.69 Å². The van der Waals surface area contributed by atoms with Crippen LogP contribution < -0.4 is 5.32 Å². The number of nitrogens with zero attached hydrogens (tertiary/aromatic N) is 2. The van der Waals surface area contributed by atoms with Gasteiger partial charge < -0.3 is 14.6 Å². The molecule has 2 heterocycles. The molecule has 2 aromatic carbocycles. The molecule has 0 saturated carbocycles. The molecule has 2 amide bonds. The summed E-state index contributed by atoms with van der Waals surface area (Å²) in [6.45, 7) is 7.65. The van der Waals surface area contributed by atoms with Gasteiger partial charge in [0.1, 0.15) is 5.58 Å². The van der Waals surface area contributed by atoms with Crippen LogP contribution in [0.3, 0.4) is 0 Å². The predicted octanol–water partition coefficient (Wildman–Crippen LogP) is 3.66. The van der Waals surface area contributed by atoms with Crippen LogP contribution >= 0.6 is 0 Å². The molecule has 0 radical (unpaired) electrons. The molecule has 0 aliphatic carbocycles. The number of rotatable bonds is 4. The van der Waals surface area contributed by atoms with Crippen LogP contribution in [0.1, 0.15) is 28.6 Å². The fraction of sp³-hybridized carbons (Fsp3) is 0.304. The maximum atomic E-state index is 12.6. The third-order valence-corrected chi connectivity index (χ3v) is 5.30. The Labute approximate surface area is 170 Å². The molecule has 1 aliphatic rings. The number of benzene rings is 2. The summed E-state index contributed by atoms with van der Waals surface area (Å²) in [5, 5.41) is 3.85. The Morgan fingerprint density at radius 1 is 1.03 bits per heavy atom. The zero-order valence-corrected chi connectivity index (χ0v) is 16.8. The van der Waals surface area contributed by atoms with Gasteiger partial charge in [-0.1, -0.05) is 23.8 Å². The molecule has 150 valence electrons. The molecule has 6 heteroatoms. The molecular formula is C23H25N3O3. The predicted molar refractivity (Wildman–Crippen MR) is 113 cm³/mol. The van der Waals surface area contributed by atoms with E-state index in [9.17, 15) is 9.59 Å². The van der Waals surface area contributed by atoms with Crippen molar-refractivity contribution in [2.75, 3.05) is 31.5 Å². The molecule has 1 fully saturated rings. The van der Waals surface area contributed by atoms with Gasteiger partial charge in [0.05, 0.1) is 0 Å². The van der Waals surface area contributed by atoms with Crippen molar-refractivity contribution in [3.05, 3.63) is 65.4 Å². The van der Waals surface area contributed by atoms with Crippen molar-refractivity contribution < 1.29 is 14.0 Å². The highest BCUT2D eigenvalue weighted by molar-refractivity contribution is 6.04. The second-order valence-electron chi connectivity index (χ2n) is 7.59. The first-order chi connectivity index (χ1) is 14.0. The van der Waals surface area contributed by atoms with E-state index in [1.807, 2.05) is 48.2 Å². The van der Waals surface area contributed by atoms with Gasteiger partial charge in [-0.25, -0.2) is 0 Å². The minimum atomic E-state index is -0.258. The Balaban J connectivity index is 1.40. The van der Waals surface area contributed by atoms with E-state index in [4.69, 9.17) is 4.42 Å². The molecular weight excluding hydrogens is 366 g/mol. The van der Waals surface area contributed by atoms with E-state index in [1.165, 1.54) is 0 Å². The van der Waals surface area contributed by atoms with E-state index >= 15 is 0 Å². The monoisotopic (exact) mass is 391 g/mol. The van der Waals surface area contributed by atoms with Gasteiger partial charge in [0.25, 0.3) is 5.91 Å². The lowest BCUT2D eigenvalue weighted by Crippen LogP contribution is -2.47. The van der Waals surface area contributed by atoms with Gasteiger partial charge in [-0.2, -0.15) is 0 Å². The fourth-order valence-electron chi connectivity index (χ4n) is 3.69. The summed E-state index contributed by atoms with van der Waals surface area (Å²) >= 11 is 0. The smallest absolute Gasteiger partial charge is 0.291 e. The molecule has 4 rings (SSSR count). The van der Waals surface area contributed by atoms with Crippen LogP contribution in [0, 0.1) is 6.92 Å². The molecule has 3 aromatic rings. The fourth-order valence-corrected chi connectivity index (χ4v) is 3.69. The average Bonchev–Trinajstić information content (AvgIpc) is 3.12. The van der Waals surface area contributed by atoms with Crippen LogP contribution in [0.25, 0.3) is 11.0 Å². The third kappa shape index (κ3) is 4.49. The van der Waals surface area contributed by atoms with E-state index in [0.29, 0.717) is 11.3 Å². The SMILES string of the molecule is CC(=O)N1CCN(Cc2cccc(NC(=O)c3cc4cc(C)ccc4o3)c2)CC1. The van der Waals surface area contributed by atoms with Crippen molar-refractivity contribution in [2.24, 2.45) is 0 Å². The van der Waals surface area contributed by atoms with E-state index < -0.39 is 0 Å². The summed E-state index contributed by atoms with van der Waals surface area (Å²) in [5.74, 6) is 0.178. The van der Waals surface area contributed by atoms with Gasteiger partial charge >= 0.3 is 0 Å². The number of fused-ring (bicyclic) bond motifs is 1. The summed E-state index contributed by atoms with van der Waals surface area (Å²) in [7, 11) is 0. The Kier molecular flexibility index (Phi) is 5.36. The van der Waals surface area contributed by atoms with Crippen molar-refractivity contribution in [1.82, 2.24) is 9.80 Å². The molecule has 0 atom stereocenters. The van der Waals surface area contributed by atoms with Crippen molar-refractivity contribution in [2.45, 2.75) is 20.4 Å². The number of furan rings is 1. The number of hydrogen-bond donors (Lipinski definition) is 1. The number of hydrogen-bond acceptors (Lipinski definition) is 4. The minimum Gasteiger partial charge on any atom is -0.451 e. The van der Waals surface area contributed by atoms with Crippen LogP contribution in [-0.2, 0) is 11.3 Å². The first-order valence-electron chi connectivity index (χ1n) is 9.86. The van der Waals surface area contributed by atoms with Crippen LogP contribution in [0.5, 0.6) is 0 Å². The first-order valence-corrected chi connectivity index (χ1v) is 9.86. The van der Waals surface area contributed by atoms with Crippen molar-refractivity contribution in [1.29, 1.82) is 0 Å². The topological polar surface area (TPSA) is 65.8 Å². The Morgan fingerprint density at radius 2 is 1.83 bits per heavy atom. The second kappa shape index (κ2) is 8.09. The quantitative estimate of drug-likeness (QED) is 0.737. The number of carbonyl (C=O) groups excluding carboxylic acids is 2. The number of aryl methyl sites for hydroxylation is 1. The van der Waals surface area contributed by atoms with Crippen LogP contribution in [0.2, 0.25) is 0 Å². The Morgan fingerprint density at radius 3 is 2.59 bits per heavy atom. The molecule has 0 bridgehead atoms. The third-order valence-electron chi connectivity index (χ3n) is 5.30. The van der Waals surface area contributed by atoms with Gasteiger partial charge in [0, 0.05) is 50.7 Å². The number of carbonyl (C=O) groups is 2. The van der Waals surface area contributed by atoms with Crippen molar-refractivity contribution >= 4 is 28.5 Å². The molecule has 0 spiro atoms. The molecule has 1 N–H and O–H groups in total. The van der Waals surface area contributed by atoms with E-state index in [2.05, 4.69) is 16.3 Å². The lowest BCUT2D eigenvalue weighted by Gasteiger charge is -2.34. The van der Waals surface area contributed by atoms with Gasteiger partial charge in [0.2, 0.25) is 5.91 Å². The van der Waals surface area contributed by atoms with Crippen molar-refractivity contribution in [3.63, 3.8) is 0 Å². The minimum absolute atomic E-state index is 0.134. The summed E-state index contributed by atoms with van der Waals surface area (Å²) in [6, 6.07) is 15.5. The first kappa shape index (κ1) is 19.2. The van der Waals surface area contributed by atoms with Gasteiger partial charge in [-0.3, -0.25) is 14.5 Å². The molecule has 29 heavy (non-hydrogen) atoms. The lowest BCUT2D eigenvalue weighted by molar-refractivity contribution is -0.130. The lowest BCUT2D eigenvalue weighted by atomic mass is 10.1. The summed E-state index contributed by atoms with van der Waals surface area (Å²) in [5.41, 5.74) is 3.70. The summed E-state index contributed by atoms with van der Waals surface area (Å²) in [6.07, 6.45) is 0. The molecule has 1 aliphatic heterocycles. The number of nitrogens with one attached hydrogen (secondary N) is 1. The van der Waals surface area contributed by atoms with E-state index in [0.717, 1.165) is 54.9 Å². The van der Waals surface area contributed by atoms with Crippen molar-refractivity contribution in [3.8, 4) is 0 Å². The van der Waals surface area contributed by atoms with E-state index in [1.54, 1.807) is 13.0 Å². The molecule has 1 aromatic heterocycles. The van der Waals surface area contributed by atoms with Gasteiger partial charge in [0.15, 0.2) is 5.76 Å². The maximum absolute atomic E-state index is 12.6. The maximum Gasteiger partial charge on any atom is 0.291 e. The van der Waals surface area contributed by atoms with Gasteiger partial charge in [-0.05, 0) is 42.8 Å². The number of piperazine rings is 1.